The first-order valence-corrected chi connectivity index (χ1v) is 5.91. The lowest BCUT2D eigenvalue weighted by molar-refractivity contribution is -0.144. The van der Waals surface area contributed by atoms with Gasteiger partial charge in [-0.3, -0.25) is 4.79 Å². The molecular weight excluding hydrogens is 236 g/mol. The Hall–Kier alpha value is -1.89. The third kappa shape index (κ3) is 2.67. The van der Waals surface area contributed by atoms with E-state index in [-0.39, 0.29) is 11.5 Å². The summed E-state index contributed by atoms with van der Waals surface area (Å²) in [5, 5.41) is 3.13. The normalized spacial score (nSPS) is 19.6. The number of ether oxygens (including phenoxy) is 1. The highest BCUT2D eigenvalue weighted by molar-refractivity contribution is 5.80. The molecule has 1 fully saturated rings. The van der Waals surface area contributed by atoms with Gasteiger partial charge >= 0.3 is 5.97 Å². The fraction of sp³-hybridized carbons (Fsp3) is 0.545. The second-order valence-electron chi connectivity index (χ2n) is 3.93. The van der Waals surface area contributed by atoms with E-state index < -0.39 is 6.04 Å². The second kappa shape index (κ2) is 5.63. The van der Waals surface area contributed by atoms with Crippen molar-refractivity contribution < 1.29 is 9.53 Å². The summed E-state index contributed by atoms with van der Waals surface area (Å²) < 4.78 is 5.03. The van der Waals surface area contributed by atoms with E-state index in [0.29, 0.717) is 25.5 Å². The standard InChI is InChI=1S/C11H16N4O3/c1-2-18-11(17)8-6-12-3-4-15(8)9-5-10(16)14-7-13-9/h5,7-8,12H,2-4,6H2,1H3,(H,13,14,16). The van der Waals surface area contributed by atoms with Gasteiger partial charge in [0.1, 0.15) is 11.9 Å². The number of H-pyrrole nitrogens is 1. The number of carbonyl (C=O) groups excluding carboxylic acids is 1. The number of piperazine rings is 1. The number of esters is 1. The lowest BCUT2D eigenvalue weighted by Crippen LogP contribution is -2.56. The number of nitrogens with one attached hydrogen (secondary N) is 2. The molecule has 1 saturated heterocycles. The number of aromatic amines is 1. The molecule has 7 nitrogen and oxygen atoms in total. The maximum absolute atomic E-state index is 11.8. The molecule has 1 unspecified atom stereocenters. The summed E-state index contributed by atoms with van der Waals surface area (Å²) in [6.45, 7) is 3.95. The van der Waals surface area contributed by atoms with E-state index in [1.807, 2.05) is 0 Å². The highest BCUT2D eigenvalue weighted by Crippen LogP contribution is 2.14. The van der Waals surface area contributed by atoms with Crippen LogP contribution in [0.3, 0.4) is 0 Å². The molecule has 0 aromatic carbocycles. The molecule has 0 bridgehead atoms. The monoisotopic (exact) mass is 252 g/mol. The Bertz CT molecular complexity index is 473. The van der Waals surface area contributed by atoms with Gasteiger partial charge in [0.05, 0.1) is 12.9 Å². The second-order valence-corrected chi connectivity index (χ2v) is 3.93. The molecular formula is C11H16N4O3. The van der Waals surface area contributed by atoms with Crippen molar-refractivity contribution in [2.24, 2.45) is 0 Å². The van der Waals surface area contributed by atoms with Crippen molar-refractivity contribution in [3.63, 3.8) is 0 Å². The average Bonchev–Trinajstić information content (AvgIpc) is 2.39. The number of rotatable bonds is 3. The lowest BCUT2D eigenvalue weighted by atomic mass is 10.2. The van der Waals surface area contributed by atoms with Crippen molar-refractivity contribution in [1.82, 2.24) is 15.3 Å². The summed E-state index contributed by atoms with van der Waals surface area (Å²) in [4.78, 5) is 31.5. The van der Waals surface area contributed by atoms with Crippen LogP contribution in [0.15, 0.2) is 17.2 Å². The van der Waals surface area contributed by atoms with Gasteiger partial charge in [0.25, 0.3) is 5.56 Å². The van der Waals surface area contributed by atoms with Gasteiger partial charge in [0, 0.05) is 25.7 Å². The van der Waals surface area contributed by atoms with E-state index in [1.165, 1.54) is 12.4 Å². The van der Waals surface area contributed by atoms with Crippen molar-refractivity contribution in [3.8, 4) is 0 Å². The molecule has 1 aliphatic heterocycles. The van der Waals surface area contributed by atoms with E-state index >= 15 is 0 Å². The van der Waals surface area contributed by atoms with Crippen LogP contribution in [0, 0.1) is 0 Å². The van der Waals surface area contributed by atoms with Crippen molar-refractivity contribution in [3.05, 3.63) is 22.7 Å². The van der Waals surface area contributed by atoms with E-state index in [1.54, 1.807) is 11.8 Å². The van der Waals surface area contributed by atoms with Crippen LogP contribution < -0.4 is 15.8 Å². The van der Waals surface area contributed by atoms with E-state index in [9.17, 15) is 9.59 Å². The van der Waals surface area contributed by atoms with Crippen molar-refractivity contribution >= 4 is 11.8 Å². The molecule has 2 N–H and O–H groups in total. The third-order valence-corrected chi connectivity index (χ3v) is 2.76. The first-order valence-electron chi connectivity index (χ1n) is 5.91. The van der Waals surface area contributed by atoms with Gasteiger partial charge in [-0.1, -0.05) is 0 Å². The van der Waals surface area contributed by atoms with Gasteiger partial charge in [0.15, 0.2) is 0 Å². The van der Waals surface area contributed by atoms with Crippen LogP contribution in [0.5, 0.6) is 0 Å². The highest BCUT2D eigenvalue weighted by atomic mass is 16.5. The fourth-order valence-corrected chi connectivity index (χ4v) is 1.94. The van der Waals surface area contributed by atoms with Gasteiger partial charge < -0.3 is 19.9 Å². The molecule has 0 spiro atoms. The van der Waals surface area contributed by atoms with Gasteiger partial charge in [-0.25, -0.2) is 9.78 Å². The molecule has 0 radical (unpaired) electrons. The molecule has 1 aliphatic rings. The Balaban J connectivity index is 2.22. The molecule has 0 amide bonds. The van der Waals surface area contributed by atoms with Gasteiger partial charge in [0.2, 0.25) is 0 Å². The van der Waals surface area contributed by atoms with Crippen LogP contribution in [0.1, 0.15) is 6.92 Å². The van der Waals surface area contributed by atoms with Crippen molar-refractivity contribution in [1.29, 1.82) is 0 Å². The summed E-state index contributed by atoms with van der Waals surface area (Å²) in [6.07, 6.45) is 1.34. The molecule has 0 saturated carbocycles. The van der Waals surface area contributed by atoms with Crippen LogP contribution in [-0.2, 0) is 9.53 Å². The molecule has 2 rings (SSSR count). The summed E-state index contributed by atoms with van der Waals surface area (Å²) in [5.74, 6) is 0.199. The minimum absolute atomic E-state index is 0.235. The predicted octanol–water partition coefficient (Wildman–Crippen LogP) is -0.889. The number of carbonyl (C=O) groups is 1. The van der Waals surface area contributed by atoms with E-state index in [4.69, 9.17) is 4.74 Å². The number of hydrogen-bond donors (Lipinski definition) is 2. The summed E-state index contributed by atoms with van der Waals surface area (Å²) in [7, 11) is 0. The van der Waals surface area contributed by atoms with Crippen molar-refractivity contribution in [2.45, 2.75) is 13.0 Å². The first kappa shape index (κ1) is 12.6. The molecule has 1 aromatic heterocycles. The Morgan fingerprint density at radius 1 is 1.67 bits per heavy atom. The van der Waals surface area contributed by atoms with E-state index in [0.717, 1.165) is 6.54 Å². The highest BCUT2D eigenvalue weighted by Gasteiger charge is 2.30. The topological polar surface area (TPSA) is 87.3 Å². The molecule has 18 heavy (non-hydrogen) atoms. The zero-order valence-corrected chi connectivity index (χ0v) is 10.2. The minimum Gasteiger partial charge on any atom is -0.464 e. The largest absolute Gasteiger partial charge is 0.464 e. The van der Waals surface area contributed by atoms with Crippen molar-refractivity contribution in [2.75, 3.05) is 31.1 Å². The Morgan fingerprint density at radius 2 is 2.50 bits per heavy atom. The average molecular weight is 252 g/mol. The van der Waals surface area contributed by atoms with Gasteiger partial charge in [-0.2, -0.15) is 0 Å². The van der Waals surface area contributed by atoms with Crippen LogP contribution in [0.2, 0.25) is 0 Å². The Morgan fingerprint density at radius 3 is 3.22 bits per heavy atom. The maximum Gasteiger partial charge on any atom is 0.330 e. The third-order valence-electron chi connectivity index (χ3n) is 2.76. The number of hydrogen-bond acceptors (Lipinski definition) is 6. The minimum atomic E-state index is -0.437. The zero-order chi connectivity index (χ0) is 13.0. The molecule has 7 heteroatoms. The van der Waals surface area contributed by atoms with Crippen LogP contribution >= 0.6 is 0 Å². The van der Waals surface area contributed by atoms with Crippen LogP contribution in [0.4, 0.5) is 5.82 Å². The molecule has 1 atom stereocenters. The number of aromatic nitrogens is 2. The molecule has 0 aliphatic carbocycles. The SMILES string of the molecule is CCOC(=O)C1CNCCN1c1cc(=O)[nH]cn1. The first-order chi connectivity index (χ1) is 8.72. The Kier molecular flexibility index (Phi) is 3.93. The zero-order valence-electron chi connectivity index (χ0n) is 10.2. The lowest BCUT2D eigenvalue weighted by Gasteiger charge is -2.35. The van der Waals surface area contributed by atoms with Crippen LogP contribution in [0.25, 0.3) is 0 Å². The van der Waals surface area contributed by atoms with Gasteiger partial charge in [-0.15, -0.1) is 0 Å². The summed E-state index contributed by atoms with van der Waals surface area (Å²) in [5.41, 5.74) is -0.235. The smallest absolute Gasteiger partial charge is 0.330 e. The maximum atomic E-state index is 11.8. The molecule has 98 valence electrons. The molecule has 2 heterocycles. The van der Waals surface area contributed by atoms with Crippen LogP contribution in [-0.4, -0.2) is 48.2 Å². The number of nitrogens with zero attached hydrogens (tertiary/aromatic N) is 2. The fourth-order valence-electron chi connectivity index (χ4n) is 1.94. The quantitative estimate of drug-likeness (QED) is 0.679. The van der Waals surface area contributed by atoms with E-state index in [2.05, 4.69) is 15.3 Å². The predicted molar refractivity (Wildman–Crippen MR) is 65.5 cm³/mol. The Labute approximate surface area is 104 Å². The summed E-state index contributed by atoms with van der Waals surface area (Å²) in [6, 6.07) is 0.949. The number of anilines is 1. The summed E-state index contributed by atoms with van der Waals surface area (Å²) >= 11 is 0. The van der Waals surface area contributed by atoms with Gasteiger partial charge in [-0.05, 0) is 6.92 Å². The molecule has 1 aromatic rings.